The van der Waals surface area contributed by atoms with Gasteiger partial charge in [0.25, 0.3) is 0 Å². The lowest BCUT2D eigenvalue weighted by Crippen LogP contribution is -2.40. The molecular weight excluding hydrogens is 252 g/mol. The van der Waals surface area contributed by atoms with Crippen LogP contribution in [0.25, 0.3) is 0 Å². The molecule has 1 atom stereocenters. The number of unbranched alkanes of at least 4 members (excludes halogenated alkanes) is 1. The second-order valence-corrected chi connectivity index (χ2v) is 5.96. The summed E-state index contributed by atoms with van der Waals surface area (Å²) in [6.07, 6.45) is 6.13. The largest absolute Gasteiger partial charge is 0.393 e. The molecule has 0 aromatic heterocycles. The Labute approximate surface area is 122 Å². The fourth-order valence-electron chi connectivity index (χ4n) is 2.80. The summed E-state index contributed by atoms with van der Waals surface area (Å²) in [7, 11) is 0. The number of nitrogens with zero attached hydrogens (tertiary/aromatic N) is 1. The van der Waals surface area contributed by atoms with Crippen LogP contribution < -0.4 is 5.73 Å². The van der Waals surface area contributed by atoms with Crippen LogP contribution in [0.3, 0.4) is 0 Å². The Balaban J connectivity index is 1.64. The maximum atomic E-state index is 5.77. The molecule has 0 radical (unpaired) electrons. The van der Waals surface area contributed by atoms with Crippen molar-refractivity contribution in [2.45, 2.75) is 32.1 Å². The van der Waals surface area contributed by atoms with Crippen molar-refractivity contribution in [3.63, 3.8) is 0 Å². The molecule has 19 heavy (non-hydrogen) atoms. The average molecular weight is 276 g/mol. The van der Waals surface area contributed by atoms with Crippen molar-refractivity contribution >= 4 is 17.2 Å². The number of thiocarbonyl (C=S) groups is 1. The number of hydrogen-bond acceptors (Lipinski definition) is 2. The third kappa shape index (κ3) is 4.92. The van der Waals surface area contributed by atoms with Gasteiger partial charge in [0, 0.05) is 12.5 Å². The molecular formula is C16H24N2S. The summed E-state index contributed by atoms with van der Waals surface area (Å²) < 4.78 is 0. The van der Waals surface area contributed by atoms with Gasteiger partial charge < -0.3 is 10.6 Å². The second kappa shape index (κ2) is 7.61. The molecule has 1 fully saturated rings. The molecule has 2 nitrogen and oxygen atoms in total. The molecule has 1 unspecified atom stereocenters. The SMILES string of the molecule is NC(=S)C1CCCN(CCCCc2ccccc2)C1. The summed E-state index contributed by atoms with van der Waals surface area (Å²) in [5.41, 5.74) is 7.21. The standard InChI is InChI=1S/C16H24N2S/c17-16(19)15-10-6-12-18(13-15)11-5-4-9-14-7-2-1-3-8-14/h1-3,7-8,15H,4-6,9-13H2,(H2,17,19). The first-order valence-corrected chi connectivity index (χ1v) is 7.72. The van der Waals surface area contributed by atoms with E-state index in [1.165, 1.54) is 50.8 Å². The summed E-state index contributed by atoms with van der Waals surface area (Å²) in [4.78, 5) is 3.23. The Morgan fingerprint density at radius 3 is 2.79 bits per heavy atom. The van der Waals surface area contributed by atoms with E-state index in [-0.39, 0.29) is 0 Å². The normalized spacial score (nSPS) is 20.3. The first-order chi connectivity index (χ1) is 9.25. The minimum atomic E-state index is 0.442. The summed E-state index contributed by atoms with van der Waals surface area (Å²) in [6, 6.07) is 10.7. The molecule has 2 rings (SSSR count). The molecule has 104 valence electrons. The lowest BCUT2D eigenvalue weighted by atomic mass is 9.98. The van der Waals surface area contributed by atoms with E-state index in [1.54, 1.807) is 0 Å². The maximum absolute atomic E-state index is 5.77. The Bertz CT molecular complexity index is 391. The minimum Gasteiger partial charge on any atom is -0.393 e. The second-order valence-electron chi connectivity index (χ2n) is 5.48. The van der Waals surface area contributed by atoms with Crippen molar-refractivity contribution in [1.29, 1.82) is 0 Å². The molecule has 1 aromatic carbocycles. The molecule has 0 spiro atoms. The van der Waals surface area contributed by atoms with Crippen LogP contribution in [-0.4, -0.2) is 29.5 Å². The molecule has 0 bridgehead atoms. The molecule has 0 amide bonds. The zero-order valence-corrected chi connectivity index (χ0v) is 12.4. The van der Waals surface area contributed by atoms with Crippen molar-refractivity contribution in [2.75, 3.05) is 19.6 Å². The van der Waals surface area contributed by atoms with Gasteiger partial charge in [0.05, 0.1) is 4.99 Å². The molecule has 0 saturated carbocycles. The fourth-order valence-corrected chi connectivity index (χ4v) is 2.99. The third-order valence-corrected chi connectivity index (χ3v) is 4.27. The van der Waals surface area contributed by atoms with Gasteiger partial charge in [-0.1, -0.05) is 42.5 Å². The lowest BCUT2D eigenvalue weighted by Gasteiger charge is -2.32. The minimum absolute atomic E-state index is 0.442. The number of benzene rings is 1. The van der Waals surface area contributed by atoms with E-state index in [0.717, 1.165) is 6.54 Å². The zero-order valence-electron chi connectivity index (χ0n) is 11.6. The van der Waals surface area contributed by atoms with Crippen molar-refractivity contribution in [3.8, 4) is 0 Å². The van der Waals surface area contributed by atoms with Crippen LogP contribution in [0, 0.1) is 5.92 Å². The third-order valence-electron chi connectivity index (χ3n) is 3.94. The molecule has 0 aliphatic carbocycles. The Kier molecular flexibility index (Phi) is 5.80. The molecule has 1 aliphatic rings. The van der Waals surface area contributed by atoms with Crippen molar-refractivity contribution in [1.82, 2.24) is 4.90 Å². The van der Waals surface area contributed by atoms with Gasteiger partial charge in [-0.15, -0.1) is 0 Å². The van der Waals surface area contributed by atoms with Crippen molar-refractivity contribution in [3.05, 3.63) is 35.9 Å². The van der Waals surface area contributed by atoms with E-state index in [4.69, 9.17) is 18.0 Å². The highest BCUT2D eigenvalue weighted by atomic mass is 32.1. The maximum Gasteiger partial charge on any atom is 0.0771 e. The van der Waals surface area contributed by atoms with E-state index in [2.05, 4.69) is 35.2 Å². The Morgan fingerprint density at radius 1 is 1.26 bits per heavy atom. The van der Waals surface area contributed by atoms with Gasteiger partial charge in [-0.3, -0.25) is 0 Å². The zero-order chi connectivity index (χ0) is 13.5. The number of hydrogen-bond donors (Lipinski definition) is 1. The number of likely N-dealkylation sites (tertiary alicyclic amines) is 1. The highest BCUT2D eigenvalue weighted by Crippen LogP contribution is 2.17. The van der Waals surface area contributed by atoms with Crippen molar-refractivity contribution in [2.24, 2.45) is 11.7 Å². The highest BCUT2D eigenvalue weighted by molar-refractivity contribution is 7.80. The molecule has 1 heterocycles. The number of nitrogens with two attached hydrogens (primary N) is 1. The first kappa shape index (κ1) is 14.5. The quantitative estimate of drug-likeness (QED) is 0.640. The van der Waals surface area contributed by atoms with Crippen LogP contribution in [0.5, 0.6) is 0 Å². The molecule has 1 aliphatic heterocycles. The van der Waals surface area contributed by atoms with E-state index in [9.17, 15) is 0 Å². The fraction of sp³-hybridized carbons (Fsp3) is 0.562. The topological polar surface area (TPSA) is 29.3 Å². The van der Waals surface area contributed by atoms with Gasteiger partial charge >= 0.3 is 0 Å². The number of piperidine rings is 1. The smallest absolute Gasteiger partial charge is 0.0771 e. The summed E-state index contributed by atoms with van der Waals surface area (Å²) in [5.74, 6) is 0.442. The van der Waals surface area contributed by atoms with Gasteiger partial charge in [0.1, 0.15) is 0 Å². The molecule has 3 heteroatoms. The molecule has 1 saturated heterocycles. The van der Waals surface area contributed by atoms with Gasteiger partial charge in [0.2, 0.25) is 0 Å². The van der Waals surface area contributed by atoms with Gasteiger partial charge in [0.15, 0.2) is 0 Å². The van der Waals surface area contributed by atoms with E-state index < -0.39 is 0 Å². The van der Waals surface area contributed by atoms with Crippen LogP contribution in [-0.2, 0) is 6.42 Å². The van der Waals surface area contributed by atoms with E-state index >= 15 is 0 Å². The number of rotatable bonds is 6. The van der Waals surface area contributed by atoms with Crippen LogP contribution in [0.4, 0.5) is 0 Å². The van der Waals surface area contributed by atoms with E-state index in [0.29, 0.717) is 10.9 Å². The predicted molar refractivity (Wildman–Crippen MR) is 85.3 cm³/mol. The highest BCUT2D eigenvalue weighted by Gasteiger charge is 2.21. The van der Waals surface area contributed by atoms with Crippen LogP contribution in [0.15, 0.2) is 30.3 Å². The first-order valence-electron chi connectivity index (χ1n) is 7.31. The van der Waals surface area contributed by atoms with Gasteiger partial charge in [-0.25, -0.2) is 0 Å². The monoisotopic (exact) mass is 276 g/mol. The van der Waals surface area contributed by atoms with E-state index in [1.807, 2.05) is 0 Å². The van der Waals surface area contributed by atoms with Crippen LogP contribution in [0.1, 0.15) is 31.2 Å². The summed E-state index contributed by atoms with van der Waals surface area (Å²) in [5, 5.41) is 0. The van der Waals surface area contributed by atoms with Gasteiger partial charge in [-0.2, -0.15) is 0 Å². The number of aryl methyl sites for hydroxylation is 1. The van der Waals surface area contributed by atoms with Gasteiger partial charge in [-0.05, 0) is 50.8 Å². The molecule has 2 N–H and O–H groups in total. The molecule has 1 aromatic rings. The Hall–Kier alpha value is -0.930. The van der Waals surface area contributed by atoms with Crippen molar-refractivity contribution < 1.29 is 0 Å². The average Bonchev–Trinajstić information content (AvgIpc) is 2.45. The van der Waals surface area contributed by atoms with Crippen LogP contribution in [0.2, 0.25) is 0 Å². The summed E-state index contributed by atoms with van der Waals surface area (Å²) >= 11 is 5.12. The predicted octanol–water partition coefficient (Wildman–Crippen LogP) is 3.01. The Morgan fingerprint density at radius 2 is 2.05 bits per heavy atom. The van der Waals surface area contributed by atoms with Crippen LogP contribution >= 0.6 is 12.2 Å². The lowest BCUT2D eigenvalue weighted by molar-refractivity contribution is 0.201. The summed E-state index contributed by atoms with van der Waals surface area (Å²) in [6.45, 7) is 3.47.